The molecule has 0 bridgehead atoms. The molecule has 0 atom stereocenters. The van der Waals surface area contributed by atoms with Gasteiger partial charge in [0.05, 0.1) is 18.8 Å². The molecular formula is C13H11F3N2O5. The number of aromatic hydroxyl groups is 1. The van der Waals surface area contributed by atoms with Crippen molar-refractivity contribution < 1.29 is 37.7 Å². The van der Waals surface area contributed by atoms with Crippen LogP contribution in [0.4, 0.5) is 18.9 Å². The largest absolute Gasteiger partial charge is 0.573 e. The number of aliphatic hydroxyl groups is 1. The summed E-state index contributed by atoms with van der Waals surface area (Å²) >= 11 is 0. The third-order valence-electron chi connectivity index (χ3n) is 2.80. The predicted octanol–water partition coefficient (Wildman–Crippen LogP) is 0.948. The highest BCUT2D eigenvalue weighted by atomic mass is 19.4. The van der Waals surface area contributed by atoms with Gasteiger partial charge in [-0.05, 0) is 12.1 Å². The third-order valence-corrected chi connectivity index (χ3v) is 2.80. The Morgan fingerprint density at radius 3 is 2.57 bits per heavy atom. The number of phenolic OH excluding ortho intramolecular Hbond substituents is 1. The number of hydrogen-bond acceptors (Lipinski definition) is 6. The number of carbonyl (C=O) groups excluding carboxylic acids is 2. The summed E-state index contributed by atoms with van der Waals surface area (Å²) in [6.45, 7) is -0.651. The maximum absolute atomic E-state index is 12.2. The number of anilines is 1. The summed E-state index contributed by atoms with van der Waals surface area (Å²) in [5.74, 6) is -2.51. The number of phenols is 1. The molecule has 0 unspecified atom stereocenters. The van der Waals surface area contributed by atoms with Crippen molar-refractivity contribution in [3.05, 3.63) is 30.0 Å². The van der Waals surface area contributed by atoms with Crippen LogP contribution < -0.4 is 10.1 Å². The second-order valence-corrected chi connectivity index (χ2v) is 4.43. The van der Waals surface area contributed by atoms with E-state index in [0.29, 0.717) is 0 Å². The Kier molecular flexibility index (Phi) is 4.45. The van der Waals surface area contributed by atoms with Gasteiger partial charge in [-0.15, -0.1) is 13.2 Å². The van der Waals surface area contributed by atoms with Crippen molar-refractivity contribution in [1.29, 1.82) is 0 Å². The van der Waals surface area contributed by atoms with Gasteiger partial charge in [0.2, 0.25) is 0 Å². The van der Waals surface area contributed by atoms with Gasteiger partial charge in [-0.25, -0.2) is 0 Å². The summed E-state index contributed by atoms with van der Waals surface area (Å²) in [6, 6.07) is 2.66. The highest BCUT2D eigenvalue weighted by molar-refractivity contribution is 6.17. The fraction of sp³-hybridized carbons (Fsp3) is 0.231. The number of nitrogens with zero attached hydrogens (tertiary/aromatic N) is 1. The molecule has 1 aromatic carbocycles. The van der Waals surface area contributed by atoms with E-state index in [1.165, 1.54) is 0 Å². The maximum atomic E-state index is 12.2. The molecule has 1 aromatic rings. The van der Waals surface area contributed by atoms with E-state index in [4.69, 9.17) is 5.11 Å². The van der Waals surface area contributed by atoms with E-state index in [9.17, 15) is 27.9 Å². The fourth-order valence-corrected chi connectivity index (χ4v) is 1.87. The molecule has 10 heteroatoms. The molecule has 1 aliphatic rings. The number of rotatable bonds is 5. The zero-order valence-corrected chi connectivity index (χ0v) is 11.4. The van der Waals surface area contributed by atoms with E-state index < -0.39 is 36.3 Å². The second-order valence-electron chi connectivity index (χ2n) is 4.43. The van der Waals surface area contributed by atoms with Crippen LogP contribution >= 0.6 is 0 Å². The van der Waals surface area contributed by atoms with Crippen molar-refractivity contribution in [3.63, 3.8) is 0 Å². The Balaban J connectivity index is 2.20. The van der Waals surface area contributed by atoms with E-state index in [0.717, 1.165) is 29.2 Å². The second kappa shape index (κ2) is 6.16. The van der Waals surface area contributed by atoms with Gasteiger partial charge in [-0.1, -0.05) is 0 Å². The number of amides is 2. The molecular weight excluding hydrogens is 321 g/mol. The first-order valence-electron chi connectivity index (χ1n) is 6.25. The normalized spacial score (nSPS) is 15.0. The number of β-amino-alcohol motifs (C(OH)–C–C–N with tert-alkyl or cyclic N) is 1. The van der Waals surface area contributed by atoms with Crippen LogP contribution in [-0.4, -0.2) is 46.4 Å². The van der Waals surface area contributed by atoms with Crippen molar-refractivity contribution in [2.45, 2.75) is 6.36 Å². The Bertz CT molecular complexity index is 672. The van der Waals surface area contributed by atoms with E-state index in [1.807, 2.05) is 0 Å². The zero-order chi connectivity index (χ0) is 17.2. The van der Waals surface area contributed by atoms with Crippen LogP contribution in [0.2, 0.25) is 0 Å². The Labute approximate surface area is 127 Å². The van der Waals surface area contributed by atoms with E-state index in [2.05, 4.69) is 10.1 Å². The van der Waals surface area contributed by atoms with Crippen LogP contribution in [0, 0.1) is 0 Å². The van der Waals surface area contributed by atoms with E-state index in [-0.39, 0.29) is 17.9 Å². The lowest BCUT2D eigenvalue weighted by Gasteiger charge is -2.15. The molecule has 1 heterocycles. The maximum Gasteiger partial charge on any atom is 0.573 e. The average molecular weight is 332 g/mol. The molecule has 0 fully saturated rings. The molecule has 0 saturated heterocycles. The lowest BCUT2D eigenvalue weighted by Crippen LogP contribution is -2.34. The van der Waals surface area contributed by atoms with Gasteiger partial charge in [-0.3, -0.25) is 14.5 Å². The van der Waals surface area contributed by atoms with Crippen LogP contribution in [0.3, 0.4) is 0 Å². The molecule has 23 heavy (non-hydrogen) atoms. The summed E-state index contributed by atoms with van der Waals surface area (Å²) < 4.78 is 40.3. The summed E-state index contributed by atoms with van der Waals surface area (Å²) in [6.07, 6.45) is -4.00. The summed E-state index contributed by atoms with van der Waals surface area (Å²) in [4.78, 5) is 24.2. The van der Waals surface area contributed by atoms with Crippen LogP contribution in [0.25, 0.3) is 0 Å². The number of aliphatic hydroxyl groups excluding tert-OH is 1. The SMILES string of the molecule is O=C1C=C(Nc2cc(OC(F)(F)F)ccc2O)C(=O)N1CCO. The topological polar surface area (TPSA) is 99.1 Å². The fourth-order valence-electron chi connectivity index (χ4n) is 1.87. The molecule has 7 nitrogen and oxygen atoms in total. The summed E-state index contributed by atoms with van der Waals surface area (Å²) in [5, 5.41) is 20.8. The molecule has 0 spiro atoms. The van der Waals surface area contributed by atoms with Gasteiger partial charge >= 0.3 is 6.36 Å². The highest BCUT2D eigenvalue weighted by Crippen LogP contribution is 2.32. The number of carbonyl (C=O) groups is 2. The van der Waals surface area contributed by atoms with Gasteiger partial charge in [-0.2, -0.15) is 0 Å². The van der Waals surface area contributed by atoms with E-state index in [1.54, 1.807) is 0 Å². The molecule has 3 N–H and O–H groups in total. The van der Waals surface area contributed by atoms with Crippen LogP contribution in [0.1, 0.15) is 0 Å². The zero-order valence-electron chi connectivity index (χ0n) is 11.4. The van der Waals surface area contributed by atoms with Crippen LogP contribution in [0.5, 0.6) is 11.5 Å². The first-order valence-corrected chi connectivity index (χ1v) is 6.25. The minimum atomic E-state index is -4.91. The number of hydrogen-bond donors (Lipinski definition) is 3. The number of alkyl halides is 3. The lowest BCUT2D eigenvalue weighted by atomic mass is 10.2. The molecule has 2 amide bonds. The molecule has 0 radical (unpaired) electrons. The standard InChI is InChI=1S/C13H11F3N2O5/c14-13(15,16)23-7-1-2-10(20)8(5-7)17-9-6-11(21)18(3-4-19)12(9)22/h1-2,5-6,17,19-20H,3-4H2. The molecule has 2 rings (SSSR count). The first kappa shape index (κ1) is 16.6. The van der Waals surface area contributed by atoms with Crippen molar-refractivity contribution in [2.75, 3.05) is 18.5 Å². The minimum absolute atomic E-state index is 0.220. The van der Waals surface area contributed by atoms with Crippen molar-refractivity contribution >= 4 is 17.5 Å². The van der Waals surface area contributed by atoms with E-state index >= 15 is 0 Å². The minimum Gasteiger partial charge on any atom is -0.506 e. The average Bonchev–Trinajstić information content (AvgIpc) is 2.69. The van der Waals surface area contributed by atoms with Gasteiger partial charge in [0, 0.05) is 12.1 Å². The monoisotopic (exact) mass is 332 g/mol. The third kappa shape index (κ3) is 3.92. The number of ether oxygens (including phenoxy) is 1. The number of imide groups is 1. The summed E-state index contributed by atoms with van der Waals surface area (Å²) in [7, 11) is 0. The summed E-state index contributed by atoms with van der Waals surface area (Å²) in [5.41, 5.74) is -0.493. The molecule has 0 aromatic heterocycles. The van der Waals surface area contributed by atoms with Crippen molar-refractivity contribution in [2.24, 2.45) is 0 Å². The van der Waals surface area contributed by atoms with Crippen LogP contribution in [0.15, 0.2) is 30.0 Å². The van der Waals surface area contributed by atoms with Gasteiger partial charge in [0.25, 0.3) is 11.8 Å². The quantitative estimate of drug-likeness (QED) is 0.548. The highest BCUT2D eigenvalue weighted by Gasteiger charge is 2.33. The first-order chi connectivity index (χ1) is 10.7. The van der Waals surface area contributed by atoms with Crippen LogP contribution in [-0.2, 0) is 9.59 Å². The molecule has 0 aliphatic carbocycles. The molecule has 1 aliphatic heterocycles. The molecule has 0 saturated carbocycles. The number of nitrogens with one attached hydrogen (secondary N) is 1. The molecule has 124 valence electrons. The Morgan fingerprint density at radius 1 is 1.26 bits per heavy atom. The number of benzene rings is 1. The smallest absolute Gasteiger partial charge is 0.506 e. The Morgan fingerprint density at radius 2 is 1.96 bits per heavy atom. The lowest BCUT2D eigenvalue weighted by molar-refractivity contribution is -0.274. The predicted molar refractivity (Wildman–Crippen MR) is 70.3 cm³/mol. The van der Waals surface area contributed by atoms with Crippen molar-refractivity contribution in [1.82, 2.24) is 4.90 Å². The van der Waals surface area contributed by atoms with Gasteiger partial charge < -0.3 is 20.3 Å². The van der Waals surface area contributed by atoms with Gasteiger partial charge in [0.1, 0.15) is 17.2 Å². The van der Waals surface area contributed by atoms with Gasteiger partial charge in [0.15, 0.2) is 0 Å². The Hall–Kier alpha value is -2.75. The number of halogens is 3. The van der Waals surface area contributed by atoms with Crippen molar-refractivity contribution in [3.8, 4) is 11.5 Å².